The average Bonchev–Trinajstić information content (AvgIpc) is 3.32. The van der Waals surface area contributed by atoms with Crippen LogP contribution in [0.25, 0.3) is 0 Å². The zero-order valence-electron chi connectivity index (χ0n) is 36.8. The van der Waals surface area contributed by atoms with Crippen LogP contribution in [0.4, 0.5) is 0 Å². The molecule has 5 aromatic rings. The fourth-order valence-corrected chi connectivity index (χ4v) is 8.00. The molecule has 15 heteroatoms. The molecule has 0 aromatic heterocycles. The highest BCUT2D eigenvalue weighted by atomic mass is 16.7. The first-order chi connectivity index (χ1) is 31.8. The van der Waals surface area contributed by atoms with Crippen molar-refractivity contribution < 1.29 is 53.1 Å². The number of amides is 4. The van der Waals surface area contributed by atoms with E-state index < -0.39 is 84.0 Å². The summed E-state index contributed by atoms with van der Waals surface area (Å²) in [5.41, 5.74) is 8.02. The molecule has 5 aromatic carbocycles. The summed E-state index contributed by atoms with van der Waals surface area (Å²) in [6.07, 6.45) is -4.92. The van der Waals surface area contributed by atoms with E-state index in [1.54, 1.807) is 54.6 Å². The molecule has 0 spiro atoms. The van der Waals surface area contributed by atoms with Crippen molar-refractivity contribution in [1.29, 1.82) is 0 Å². The van der Waals surface area contributed by atoms with Crippen molar-refractivity contribution in [3.05, 3.63) is 179 Å². The number of carbonyl (C=O) groups excluding carboxylic acids is 5. The Hall–Kier alpha value is -6.75. The number of aliphatic hydroxyl groups excluding tert-OH is 1. The molecule has 0 unspecified atom stereocenters. The fraction of sp³-hybridized carbons (Fsp3) is 0.314. The lowest BCUT2D eigenvalue weighted by atomic mass is 9.80. The maximum absolute atomic E-state index is 13.5. The molecule has 0 saturated carbocycles. The molecule has 1 fully saturated rings. The monoisotopic (exact) mass is 900 g/mol. The van der Waals surface area contributed by atoms with Crippen LogP contribution in [0.1, 0.15) is 54.5 Å². The number of nitrogens with two attached hydrogens (primary N) is 1. The van der Waals surface area contributed by atoms with Gasteiger partial charge in [-0.05, 0) is 41.2 Å². The van der Waals surface area contributed by atoms with E-state index in [0.29, 0.717) is 5.56 Å². The summed E-state index contributed by atoms with van der Waals surface area (Å²) in [4.78, 5) is 64.1. The Morgan fingerprint density at radius 2 is 1.26 bits per heavy atom. The molecular weight excluding hydrogens is 845 g/mol. The van der Waals surface area contributed by atoms with Crippen LogP contribution in [0.2, 0.25) is 0 Å². The van der Waals surface area contributed by atoms with Gasteiger partial charge in [-0.2, -0.15) is 0 Å². The number of hydrogen-bond donors (Lipinski definition) is 6. The lowest BCUT2D eigenvalue weighted by molar-refractivity contribution is -0.326. The molecule has 0 bridgehead atoms. The van der Waals surface area contributed by atoms with Gasteiger partial charge in [0.05, 0.1) is 6.61 Å². The van der Waals surface area contributed by atoms with Gasteiger partial charge in [-0.3, -0.25) is 24.0 Å². The lowest BCUT2D eigenvalue weighted by Crippen LogP contribution is -2.71. The van der Waals surface area contributed by atoms with Gasteiger partial charge >= 0.3 is 5.97 Å². The van der Waals surface area contributed by atoms with Crippen molar-refractivity contribution in [3.8, 4) is 0 Å². The summed E-state index contributed by atoms with van der Waals surface area (Å²) in [7, 11) is 0. The summed E-state index contributed by atoms with van der Waals surface area (Å²) in [5.74, 6) is -5.88. The summed E-state index contributed by atoms with van der Waals surface area (Å²) in [5, 5.41) is 32.4. The minimum absolute atomic E-state index is 0.0348. The Kier molecular flexibility index (Phi) is 16.9. The van der Waals surface area contributed by atoms with Gasteiger partial charge in [0.25, 0.3) is 0 Å². The van der Waals surface area contributed by atoms with Crippen molar-refractivity contribution in [1.82, 2.24) is 16.0 Å². The van der Waals surface area contributed by atoms with Gasteiger partial charge in [0, 0.05) is 19.8 Å². The minimum atomic E-state index is -2.22. The summed E-state index contributed by atoms with van der Waals surface area (Å²) in [6.45, 7) is 1.56. The zero-order valence-corrected chi connectivity index (χ0v) is 36.8. The zero-order chi connectivity index (χ0) is 47.1. The number of benzene rings is 5. The highest BCUT2D eigenvalue weighted by Crippen LogP contribution is 2.42. The molecule has 1 heterocycles. The number of nitrogens with one attached hydrogen (secondary N) is 3. The molecule has 6 rings (SSSR count). The molecule has 0 radical (unpaired) electrons. The second-order valence-electron chi connectivity index (χ2n) is 16.1. The number of ether oxygens (including phenoxy) is 4. The molecule has 1 saturated heterocycles. The van der Waals surface area contributed by atoms with Crippen LogP contribution in [0.15, 0.2) is 152 Å². The van der Waals surface area contributed by atoms with Gasteiger partial charge in [-0.25, -0.2) is 0 Å². The van der Waals surface area contributed by atoms with Crippen molar-refractivity contribution in [2.24, 2.45) is 5.73 Å². The third kappa shape index (κ3) is 12.5. The molecule has 1 aliphatic rings. The topological polar surface area (TPSA) is 225 Å². The van der Waals surface area contributed by atoms with Gasteiger partial charge in [-0.15, -0.1) is 0 Å². The van der Waals surface area contributed by atoms with E-state index in [1.165, 1.54) is 13.8 Å². The van der Waals surface area contributed by atoms with Gasteiger partial charge in [-0.1, -0.05) is 152 Å². The fourth-order valence-electron chi connectivity index (χ4n) is 8.00. The molecule has 7 atom stereocenters. The van der Waals surface area contributed by atoms with E-state index >= 15 is 0 Å². The normalized spacial score (nSPS) is 20.2. The standard InChI is InChI=1S/C51H56N4O11/c1-34(49(61)55-41(48(52)60)28-29-44(58)63-31-37-20-10-4-11-21-37)53-43(57)33-64-46-45(59)42(66-50(62,47(46)54-35(2)56)30-36-18-8-3-9-19-36)32-65-51(38-22-12-5-13-23-38,39-24-14-6-15-25-39)40-26-16-7-17-27-40/h3-27,34,41-42,45-47,59,62H,28-33H2,1-2H3,(H2,52,60)(H,53,57)(H,54,56)(H,55,61)/t34-,41+,42+,45+,46-,47+,50-/m0/s1. The van der Waals surface area contributed by atoms with Crippen LogP contribution < -0.4 is 21.7 Å². The largest absolute Gasteiger partial charge is 0.461 e. The van der Waals surface area contributed by atoms with E-state index in [9.17, 15) is 34.2 Å². The maximum atomic E-state index is 13.5. The molecule has 0 aliphatic carbocycles. The Labute approximate surface area is 383 Å². The van der Waals surface area contributed by atoms with Gasteiger partial charge in [0.15, 0.2) is 5.79 Å². The number of hydrogen-bond acceptors (Lipinski definition) is 11. The Morgan fingerprint density at radius 3 is 1.76 bits per heavy atom. The van der Waals surface area contributed by atoms with Crippen molar-refractivity contribution >= 4 is 29.6 Å². The van der Waals surface area contributed by atoms with E-state index in [-0.39, 0.29) is 32.5 Å². The van der Waals surface area contributed by atoms with Gasteiger partial charge in [0.1, 0.15) is 55.3 Å². The first-order valence-electron chi connectivity index (χ1n) is 21.7. The molecular formula is C51H56N4O11. The smallest absolute Gasteiger partial charge is 0.306 e. The van der Waals surface area contributed by atoms with Crippen LogP contribution in [0.3, 0.4) is 0 Å². The molecule has 346 valence electrons. The van der Waals surface area contributed by atoms with Crippen molar-refractivity contribution in [2.75, 3.05) is 13.2 Å². The van der Waals surface area contributed by atoms with Crippen molar-refractivity contribution in [3.63, 3.8) is 0 Å². The second kappa shape index (κ2) is 22.9. The molecule has 15 nitrogen and oxygen atoms in total. The predicted molar refractivity (Wildman–Crippen MR) is 243 cm³/mol. The minimum Gasteiger partial charge on any atom is -0.461 e. The van der Waals surface area contributed by atoms with Gasteiger partial charge in [0.2, 0.25) is 23.6 Å². The second-order valence-corrected chi connectivity index (χ2v) is 16.1. The molecule has 66 heavy (non-hydrogen) atoms. The quantitative estimate of drug-likeness (QED) is 0.0461. The van der Waals surface area contributed by atoms with Crippen LogP contribution in [-0.2, 0) is 61.5 Å². The SMILES string of the molecule is CC(=O)N[C@@H]1[C@@H](OCC(=O)N[C@@H](C)C(=O)N[C@H](CCC(=O)OCc2ccccc2)C(N)=O)[C@H](O)[C@@H](COC(c2ccccc2)(c2ccccc2)c2ccccc2)O[C@@]1(O)Cc1ccccc1. The number of esters is 1. The number of carbonyl (C=O) groups is 5. The van der Waals surface area contributed by atoms with Gasteiger partial charge < -0.3 is 50.8 Å². The van der Waals surface area contributed by atoms with Crippen LogP contribution in [-0.4, -0.2) is 95.2 Å². The molecule has 7 N–H and O–H groups in total. The van der Waals surface area contributed by atoms with Crippen LogP contribution >= 0.6 is 0 Å². The Morgan fingerprint density at radius 1 is 0.758 bits per heavy atom. The lowest BCUT2D eigenvalue weighted by Gasteiger charge is -2.50. The first kappa shape index (κ1) is 48.7. The van der Waals surface area contributed by atoms with E-state index in [1.807, 2.05) is 97.1 Å². The highest BCUT2D eigenvalue weighted by molar-refractivity contribution is 5.91. The summed E-state index contributed by atoms with van der Waals surface area (Å²) >= 11 is 0. The van der Waals surface area contributed by atoms with E-state index in [4.69, 9.17) is 24.7 Å². The number of primary amides is 1. The average molecular weight is 901 g/mol. The maximum Gasteiger partial charge on any atom is 0.306 e. The predicted octanol–water partition coefficient (Wildman–Crippen LogP) is 3.57. The number of aliphatic hydroxyl groups is 2. The molecule has 4 amide bonds. The van der Waals surface area contributed by atoms with E-state index in [2.05, 4.69) is 16.0 Å². The van der Waals surface area contributed by atoms with Crippen LogP contribution in [0.5, 0.6) is 0 Å². The third-order valence-corrected chi connectivity index (χ3v) is 11.3. The Balaban J connectivity index is 1.20. The Bertz CT molecular complexity index is 2260. The first-order valence-corrected chi connectivity index (χ1v) is 21.7. The van der Waals surface area contributed by atoms with Crippen molar-refractivity contribution in [2.45, 2.75) is 87.5 Å². The molecule has 1 aliphatic heterocycles. The third-order valence-electron chi connectivity index (χ3n) is 11.3. The highest BCUT2D eigenvalue weighted by Gasteiger charge is 2.55. The summed E-state index contributed by atoms with van der Waals surface area (Å²) in [6, 6.07) is 42.6. The number of rotatable bonds is 21. The van der Waals surface area contributed by atoms with E-state index in [0.717, 1.165) is 22.3 Å². The summed E-state index contributed by atoms with van der Waals surface area (Å²) < 4.78 is 24.8. The van der Waals surface area contributed by atoms with Crippen LogP contribution in [0, 0.1) is 0 Å².